The molecule has 0 saturated carbocycles. The Morgan fingerprint density at radius 2 is 1.18 bits per heavy atom. The van der Waals surface area contributed by atoms with E-state index in [4.69, 9.17) is 0 Å². The van der Waals surface area contributed by atoms with Crippen LogP contribution in [-0.4, -0.2) is 6.88 Å². The molecule has 0 bridgehead atoms. The first-order valence-corrected chi connectivity index (χ1v) is 14.2. The van der Waals surface area contributed by atoms with Crippen LogP contribution in [0.4, 0.5) is 0 Å². The minimum absolute atomic E-state index is 0. The zero-order valence-corrected chi connectivity index (χ0v) is 25.5. The van der Waals surface area contributed by atoms with Gasteiger partial charge in [0, 0.05) is 0 Å². The third kappa shape index (κ3) is 7.66. The number of hydrogen-bond acceptors (Lipinski definition) is 0. The molecule has 0 atom stereocenters. The van der Waals surface area contributed by atoms with Crippen molar-refractivity contribution in [2.45, 2.75) is 33.6 Å². The second kappa shape index (κ2) is 15.7. The molecule has 4 heteroatoms. The minimum Gasteiger partial charge on any atom is -0.126 e. The van der Waals surface area contributed by atoms with Crippen molar-refractivity contribution in [3.63, 3.8) is 0 Å². The van der Waals surface area contributed by atoms with Gasteiger partial charge in [0.05, 0.1) is 0 Å². The molecule has 5 rings (SSSR count). The van der Waals surface area contributed by atoms with E-state index in [0.717, 1.165) is 0 Å². The summed E-state index contributed by atoms with van der Waals surface area (Å²) >= 11 is 1.36. The smallest absolute Gasteiger partial charge is 0.0771 e. The molecule has 5 aromatic rings. The third-order valence-electron chi connectivity index (χ3n) is 5.43. The van der Waals surface area contributed by atoms with Crippen molar-refractivity contribution in [3.05, 3.63) is 110 Å². The van der Waals surface area contributed by atoms with Crippen LogP contribution in [0, 0.1) is 28.7 Å². The van der Waals surface area contributed by atoms with Crippen molar-refractivity contribution in [3.8, 4) is 0 Å². The Balaban J connectivity index is 0. The Morgan fingerprint density at radius 1 is 0.697 bits per heavy atom. The van der Waals surface area contributed by atoms with Crippen LogP contribution in [0.5, 0.6) is 0 Å². The van der Waals surface area contributed by atoms with Gasteiger partial charge in [0.15, 0.2) is 0 Å². The first-order chi connectivity index (χ1) is 14.0. The maximum atomic E-state index is 3.06. The summed E-state index contributed by atoms with van der Waals surface area (Å²) in [5.74, 6) is 0.611. The average molecular weight is 573 g/mol. The van der Waals surface area contributed by atoms with Gasteiger partial charge in [0.1, 0.15) is 0 Å². The van der Waals surface area contributed by atoms with E-state index in [9.17, 15) is 0 Å². The van der Waals surface area contributed by atoms with Gasteiger partial charge in [-0.3, -0.25) is 0 Å². The fourth-order valence-corrected chi connectivity index (χ4v) is 4.02. The quantitative estimate of drug-likeness (QED) is 0.139. The van der Waals surface area contributed by atoms with Crippen molar-refractivity contribution < 1.29 is 23.3 Å². The summed E-state index contributed by atoms with van der Waals surface area (Å²) in [5.41, 5.74) is 4.23. The Bertz CT molecular complexity index is 1200. The number of rotatable bonds is 1. The summed E-state index contributed by atoms with van der Waals surface area (Å²) < 4.78 is 0. The molecule has 0 aromatic heterocycles. The van der Waals surface area contributed by atoms with Gasteiger partial charge < -0.3 is 14.9 Å². The number of hydrogen-bond donors (Lipinski definition) is 0. The molecule has 0 aliphatic carbocycles. The Kier molecular flexibility index (Phi) is 16.1. The summed E-state index contributed by atoms with van der Waals surface area (Å²) in [6, 6.07) is 28.4. The van der Waals surface area contributed by atoms with Gasteiger partial charge >= 0.3 is 30.2 Å². The van der Waals surface area contributed by atoms with Gasteiger partial charge in [-0.05, 0) is 5.92 Å². The largest absolute Gasteiger partial charge is 0.126 e. The van der Waals surface area contributed by atoms with Crippen LogP contribution < -0.4 is 0 Å². The molecular formula is C29H34Cl2SiZr-4. The fraction of sp³-hybridized carbons (Fsp3) is 0.172. The third-order valence-corrected chi connectivity index (χ3v) is 5.43. The van der Waals surface area contributed by atoms with Crippen LogP contribution in [-0.2, 0) is 23.3 Å². The van der Waals surface area contributed by atoms with Gasteiger partial charge in [-0.15, -0.1) is 98.6 Å². The maximum Gasteiger partial charge on any atom is -0.0771 e. The normalized spacial score (nSPS) is 9.33. The second-order valence-electron chi connectivity index (χ2n) is 7.81. The van der Waals surface area contributed by atoms with Gasteiger partial charge in [0.2, 0.25) is 0 Å². The summed E-state index contributed by atoms with van der Waals surface area (Å²) in [4.78, 5) is 0. The monoisotopic (exact) mass is 570 g/mol. The van der Waals surface area contributed by atoms with Crippen LogP contribution in [0.1, 0.15) is 36.5 Å². The molecule has 2 radical (unpaired) electrons. The molecule has 33 heavy (non-hydrogen) atoms. The molecule has 0 amide bonds. The standard InChI is InChI=1S/C14H17.C13H9.2CH3.2ClH.Si.Zr/c1-9(2)12-6-5-11(4)13-7-10(3)8-14(12)13;1-3-7-12-10(5-1)9-11-6-2-4-8-13(11)12;;;;;;/h5-9H,1-4H3;1-9H;2*1H3;2*1H;;/q4*-1;;;;. The van der Waals surface area contributed by atoms with Crippen molar-refractivity contribution >= 4 is 64.0 Å². The fourth-order valence-electron chi connectivity index (χ4n) is 4.02. The van der Waals surface area contributed by atoms with Crippen molar-refractivity contribution in [2.75, 3.05) is 0 Å². The van der Waals surface area contributed by atoms with E-state index in [2.05, 4.69) is 113 Å². The average Bonchev–Trinajstić information content (AvgIpc) is 3.31. The zero-order chi connectivity index (χ0) is 21.0. The number of aryl methyl sites for hydroxylation is 2. The molecule has 5 aromatic carbocycles. The molecule has 0 saturated heterocycles. The van der Waals surface area contributed by atoms with E-state index in [-0.39, 0.29) is 39.7 Å². The van der Waals surface area contributed by atoms with Crippen molar-refractivity contribution in [2.24, 2.45) is 0 Å². The summed E-state index contributed by atoms with van der Waals surface area (Å²) in [5, 5.41) is 8.26. The van der Waals surface area contributed by atoms with Crippen molar-refractivity contribution in [1.29, 1.82) is 0 Å². The zero-order valence-electron chi connectivity index (χ0n) is 20.4. The number of halogens is 2. The van der Waals surface area contributed by atoms with E-state index < -0.39 is 0 Å². The van der Waals surface area contributed by atoms with Gasteiger partial charge in [0.25, 0.3) is 0 Å². The van der Waals surface area contributed by atoms with Gasteiger partial charge in [-0.1, -0.05) is 75.7 Å². The molecule has 0 unspecified atom stereocenters. The van der Waals surface area contributed by atoms with E-state index in [1.54, 1.807) is 0 Å². The van der Waals surface area contributed by atoms with E-state index in [1.165, 1.54) is 72.3 Å². The Hall–Kier alpha value is -1.18. The maximum absolute atomic E-state index is 3.06. The first-order valence-electron chi connectivity index (χ1n) is 9.99. The van der Waals surface area contributed by atoms with Crippen LogP contribution >= 0.6 is 24.8 Å². The molecule has 0 aliphatic rings. The molecule has 0 N–H and O–H groups in total. The number of fused-ring (bicyclic) bond motifs is 4. The summed E-state index contributed by atoms with van der Waals surface area (Å²) in [6.45, 7) is 11.9. The molecule has 0 spiro atoms. The van der Waals surface area contributed by atoms with Crippen LogP contribution in [0.25, 0.3) is 32.3 Å². The predicted octanol–water partition coefficient (Wildman–Crippen LogP) is 9.37. The van der Waals surface area contributed by atoms with Gasteiger partial charge in [-0.2, -0.15) is 6.07 Å². The molecular weight excluding hydrogens is 539 g/mol. The van der Waals surface area contributed by atoms with E-state index >= 15 is 0 Å². The molecule has 0 aliphatic heterocycles. The SMILES string of the molecule is Cc1cc2c(C(C)C)ccc(C)c2[cH-]1.Cl.Cl.[CH3-].[CH3-].[Si]=[Zr].c1ccc2c(c1)[cH-]c1ccccc12. The topological polar surface area (TPSA) is 0 Å². The predicted molar refractivity (Wildman–Crippen MR) is 153 cm³/mol. The minimum atomic E-state index is 0. The molecule has 0 fully saturated rings. The van der Waals surface area contributed by atoms with Crippen LogP contribution in [0.3, 0.4) is 0 Å². The van der Waals surface area contributed by atoms with Crippen molar-refractivity contribution in [1.82, 2.24) is 0 Å². The second-order valence-corrected chi connectivity index (χ2v) is 7.81. The van der Waals surface area contributed by atoms with E-state index in [0.29, 0.717) is 5.92 Å². The summed E-state index contributed by atoms with van der Waals surface area (Å²) in [7, 11) is 0. The summed E-state index contributed by atoms with van der Waals surface area (Å²) in [6.07, 6.45) is 0. The molecule has 0 heterocycles. The van der Waals surface area contributed by atoms with E-state index in [1.807, 2.05) is 0 Å². The van der Waals surface area contributed by atoms with Gasteiger partial charge in [-0.25, -0.2) is 0 Å². The Labute approximate surface area is 229 Å². The number of benzene rings is 3. The van der Waals surface area contributed by atoms with Crippen LogP contribution in [0.2, 0.25) is 0 Å². The Morgan fingerprint density at radius 3 is 1.67 bits per heavy atom. The molecule has 0 nitrogen and oxygen atoms in total. The first kappa shape index (κ1) is 34.0. The molecule has 176 valence electrons. The van der Waals surface area contributed by atoms with Crippen LogP contribution in [0.15, 0.2) is 78.9 Å².